The summed E-state index contributed by atoms with van der Waals surface area (Å²) in [4.78, 5) is 38.2. The summed E-state index contributed by atoms with van der Waals surface area (Å²) >= 11 is 6.60. The van der Waals surface area contributed by atoms with E-state index in [1.165, 1.54) is 37.5 Å². The Bertz CT molecular complexity index is 1080. The molecule has 0 spiro atoms. The quantitative estimate of drug-likeness (QED) is 0.561. The third-order valence-corrected chi connectivity index (χ3v) is 5.43. The van der Waals surface area contributed by atoms with Gasteiger partial charge in [-0.25, -0.2) is 0 Å². The van der Waals surface area contributed by atoms with Gasteiger partial charge in [-0.3, -0.25) is 19.3 Å². The van der Waals surface area contributed by atoms with Gasteiger partial charge in [0.15, 0.2) is 11.5 Å². The second-order valence-corrected chi connectivity index (χ2v) is 7.82. The van der Waals surface area contributed by atoms with E-state index in [-0.39, 0.29) is 35.4 Å². The smallest absolute Gasteiger partial charge is 0.387 e. The first kappa shape index (κ1) is 23.6. The van der Waals surface area contributed by atoms with Crippen molar-refractivity contribution in [3.63, 3.8) is 0 Å². The lowest BCUT2D eigenvalue weighted by atomic mass is 10.2. The molecule has 7 nitrogen and oxygen atoms in total. The summed E-state index contributed by atoms with van der Waals surface area (Å²) in [6, 6.07) is 10.5. The predicted molar refractivity (Wildman–Crippen MR) is 116 cm³/mol. The van der Waals surface area contributed by atoms with Crippen molar-refractivity contribution in [2.75, 3.05) is 20.2 Å². The van der Waals surface area contributed by atoms with Gasteiger partial charge in [-0.05, 0) is 53.7 Å². The zero-order valence-corrected chi connectivity index (χ0v) is 18.2. The van der Waals surface area contributed by atoms with Crippen LogP contribution in [-0.4, -0.2) is 48.8 Å². The number of carbonyl (C=O) groups is 3. The summed E-state index contributed by atoms with van der Waals surface area (Å²) in [7, 11) is 1.29. The summed E-state index contributed by atoms with van der Waals surface area (Å²) in [5.41, 5.74) is 0.822. The number of nitrogens with one attached hydrogen (secondary N) is 1. The van der Waals surface area contributed by atoms with Crippen molar-refractivity contribution in [2.45, 2.75) is 6.61 Å². The summed E-state index contributed by atoms with van der Waals surface area (Å²) in [6.45, 7) is -2.96. The monoisotopic (exact) mass is 482 g/mol. The van der Waals surface area contributed by atoms with E-state index in [0.29, 0.717) is 16.1 Å². The van der Waals surface area contributed by atoms with Gasteiger partial charge >= 0.3 is 6.61 Å². The van der Waals surface area contributed by atoms with Gasteiger partial charge in [-0.2, -0.15) is 8.78 Å². The molecule has 11 heteroatoms. The Hall–Kier alpha value is -3.11. The fourth-order valence-corrected chi connectivity index (χ4v) is 3.88. The molecule has 0 atom stereocenters. The number of benzene rings is 2. The lowest BCUT2D eigenvalue weighted by Gasteiger charge is -2.13. The number of amides is 3. The molecule has 32 heavy (non-hydrogen) atoms. The minimum atomic E-state index is -3.01. The van der Waals surface area contributed by atoms with Crippen LogP contribution in [0.4, 0.5) is 13.6 Å². The third-order valence-electron chi connectivity index (χ3n) is 4.28. The van der Waals surface area contributed by atoms with E-state index in [4.69, 9.17) is 16.3 Å². The van der Waals surface area contributed by atoms with Crippen LogP contribution in [0.25, 0.3) is 6.08 Å². The van der Waals surface area contributed by atoms with Crippen LogP contribution in [0.3, 0.4) is 0 Å². The van der Waals surface area contributed by atoms with Gasteiger partial charge in [-0.15, -0.1) is 0 Å². The van der Waals surface area contributed by atoms with Gasteiger partial charge in [0.1, 0.15) is 0 Å². The summed E-state index contributed by atoms with van der Waals surface area (Å²) < 4.78 is 34.3. The van der Waals surface area contributed by atoms with Crippen LogP contribution in [0.2, 0.25) is 5.02 Å². The molecule has 1 saturated heterocycles. The zero-order chi connectivity index (χ0) is 23.3. The fraction of sp³-hybridized carbons (Fsp3) is 0.190. The molecule has 168 valence electrons. The number of rotatable bonds is 8. The first-order chi connectivity index (χ1) is 15.3. The van der Waals surface area contributed by atoms with Crippen LogP contribution >= 0.6 is 23.4 Å². The lowest BCUT2D eigenvalue weighted by Crippen LogP contribution is -2.37. The van der Waals surface area contributed by atoms with Gasteiger partial charge in [0.2, 0.25) is 0 Å². The van der Waals surface area contributed by atoms with E-state index in [9.17, 15) is 23.2 Å². The van der Waals surface area contributed by atoms with E-state index in [1.54, 1.807) is 18.2 Å². The van der Waals surface area contributed by atoms with E-state index < -0.39 is 17.8 Å². The molecule has 0 radical (unpaired) electrons. The topological polar surface area (TPSA) is 84.9 Å². The summed E-state index contributed by atoms with van der Waals surface area (Å²) in [6.07, 6.45) is 1.45. The number of carbonyl (C=O) groups excluding carboxylic acids is 3. The Morgan fingerprint density at radius 2 is 2.00 bits per heavy atom. The molecule has 3 amide bonds. The number of alkyl halides is 2. The molecule has 0 aromatic heterocycles. The molecule has 1 N–H and O–H groups in total. The first-order valence-electron chi connectivity index (χ1n) is 9.20. The molecule has 0 unspecified atom stereocenters. The SMILES string of the molecule is COc1cc(/C=C2\SC(=O)N(CCNC(=O)c3cccc(Cl)c3)C2=O)ccc1OC(F)F. The average molecular weight is 483 g/mol. The van der Waals surface area contributed by atoms with Crippen molar-refractivity contribution in [2.24, 2.45) is 0 Å². The molecule has 2 aromatic rings. The molecular weight excluding hydrogens is 466 g/mol. The van der Waals surface area contributed by atoms with Crippen LogP contribution in [0, 0.1) is 0 Å². The Morgan fingerprint density at radius 1 is 1.22 bits per heavy atom. The van der Waals surface area contributed by atoms with Crippen molar-refractivity contribution in [1.82, 2.24) is 10.2 Å². The Kier molecular flexibility index (Phi) is 7.70. The zero-order valence-electron chi connectivity index (χ0n) is 16.6. The van der Waals surface area contributed by atoms with Gasteiger partial charge in [-0.1, -0.05) is 23.7 Å². The standard InChI is InChI=1S/C21H17ClF2N2O5S/c1-30-16-9-12(5-6-15(16)31-20(23)24)10-17-19(28)26(21(29)32-17)8-7-25-18(27)13-3-2-4-14(22)11-13/h2-6,9-11,20H,7-8H2,1H3,(H,25,27)/b17-10-. The Labute approximate surface area is 191 Å². The van der Waals surface area contributed by atoms with Crippen molar-refractivity contribution in [3.8, 4) is 11.5 Å². The highest BCUT2D eigenvalue weighted by Crippen LogP contribution is 2.34. The predicted octanol–water partition coefficient (Wildman–Crippen LogP) is 4.42. The number of hydrogen-bond acceptors (Lipinski definition) is 6. The maximum Gasteiger partial charge on any atom is 0.387 e. The van der Waals surface area contributed by atoms with E-state index in [1.807, 2.05) is 0 Å². The normalized spacial score (nSPS) is 14.9. The van der Waals surface area contributed by atoms with Crippen molar-refractivity contribution in [1.29, 1.82) is 0 Å². The number of ether oxygens (including phenoxy) is 2. The molecule has 0 bridgehead atoms. The third kappa shape index (κ3) is 5.77. The highest BCUT2D eigenvalue weighted by molar-refractivity contribution is 8.18. The molecular formula is C21H17ClF2N2O5S. The van der Waals surface area contributed by atoms with Crippen molar-refractivity contribution in [3.05, 3.63) is 63.5 Å². The summed E-state index contributed by atoms with van der Waals surface area (Å²) in [5.74, 6) is -0.998. The number of hydrogen-bond donors (Lipinski definition) is 1. The molecule has 1 aliphatic heterocycles. The van der Waals surface area contributed by atoms with E-state index in [0.717, 1.165) is 16.7 Å². The average Bonchev–Trinajstić information content (AvgIpc) is 3.01. The number of imide groups is 1. The minimum absolute atomic E-state index is 0.0151. The minimum Gasteiger partial charge on any atom is -0.493 e. The Balaban J connectivity index is 1.64. The number of methoxy groups -OCH3 is 1. The highest BCUT2D eigenvalue weighted by atomic mass is 35.5. The second-order valence-electron chi connectivity index (χ2n) is 6.39. The molecule has 1 fully saturated rings. The van der Waals surface area contributed by atoms with E-state index >= 15 is 0 Å². The van der Waals surface area contributed by atoms with Crippen LogP contribution in [-0.2, 0) is 4.79 Å². The molecule has 0 aliphatic carbocycles. The molecule has 2 aromatic carbocycles. The molecule has 1 aliphatic rings. The van der Waals surface area contributed by atoms with Crippen LogP contribution in [0.5, 0.6) is 11.5 Å². The maximum atomic E-state index is 12.6. The first-order valence-corrected chi connectivity index (χ1v) is 10.4. The number of nitrogens with zero attached hydrogens (tertiary/aromatic N) is 1. The largest absolute Gasteiger partial charge is 0.493 e. The van der Waals surface area contributed by atoms with Crippen LogP contribution in [0.1, 0.15) is 15.9 Å². The Morgan fingerprint density at radius 3 is 2.69 bits per heavy atom. The van der Waals surface area contributed by atoms with Crippen molar-refractivity contribution < 1.29 is 32.6 Å². The van der Waals surface area contributed by atoms with Gasteiger partial charge in [0, 0.05) is 23.7 Å². The van der Waals surface area contributed by atoms with Crippen LogP contribution in [0.15, 0.2) is 47.4 Å². The second kappa shape index (κ2) is 10.5. The van der Waals surface area contributed by atoms with Crippen LogP contribution < -0.4 is 14.8 Å². The van der Waals surface area contributed by atoms with E-state index in [2.05, 4.69) is 10.1 Å². The van der Waals surface area contributed by atoms with Gasteiger partial charge in [0.25, 0.3) is 17.1 Å². The maximum absolute atomic E-state index is 12.6. The number of thioether (sulfide) groups is 1. The molecule has 0 saturated carbocycles. The lowest BCUT2D eigenvalue weighted by molar-refractivity contribution is -0.122. The summed E-state index contributed by atoms with van der Waals surface area (Å²) in [5, 5.41) is 2.56. The fourth-order valence-electron chi connectivity index (χ4n) is 2.82. The molecule has 3 rings (SSSR count). The highest BCUT2D eigenvalue weighted by Gasteiger charge is 2.34. The van der Waals surface area contributed by atoms with Gasteiger partial charge < -0.3 is 14.8 Å². The van der Waals surface area contributed by atoms with Crippen molar-refractivity contribution >= 4 is 46.5 Å². The van der Waals surface area contributed by atoms with Gasteiger partial charge in [0.05, 0.1) is 12.0 Å². The molecule has 1 heterocycles. The number of halogens is 3.